The molecule has 0 fully saturated rings. The van der Waals surface area contributed by atoms with Crippen molar-refractivity contribution in [3.63, 3.8) is 0 Å². The standard InChI is InChI=1S/C17H24N2/c1-3-4-5-6-7-8-9-14(2)16-11-10-15(12-18)17(16)13-19/h10,14H,3-9,11H2,1-2H3. The maximum atomic E-state index is 9.16. The highest BCUT2D eigenvalue weighted by molar-refractivity contribution is 5.57. The number of unbranched alkanes of at least 4 members (excludes halogenated alkanes) is 5. The molecule has 0 bridgehead atoms. The first kappa shape index (κ1) is 15.5. The summed E-state index contributed by atoms with van der Waals surface area (Å²) in [6.07, 6.45) is 11.6. The fourth-order valence-electron chi connectivity index (χ4n) is 2.68. The van der Waals surface area contributed by atoms with Gasteiger partial charge in [0.05, 0.1) is 11.1 Å². The molecular weight excluding hydrogens is 232 g/mol. The van der Waals surface area contributed by atoms with E-state index in [4.69, 9.17) is 10.5 Å². The minimum atomic E-state index is 0.433. The zero-order chi connectivity index (χ0) is 14.1. The molecular formula is C17H24N2. The highest BCUT2D eigenvalue weighted by Gasteiger charge is 2.21. The molecule has 0 N–H and O–H groups in total. The summed E-state index contributed by atoms with van der Waals surface area (Å²) in [5.74, 6) is 0.433. The lowest BCUT2D eigenvalue weighted by atomic mass is 9.91. The Morgan fingerprint density at radius 1 is 1.11 bits per heavy atom. The van der Waals surface area contributed by atoms with Gasteiger partial charge in [-0.05, 0) is 24.3 Å². The van der Waals surface area contributed by atoms with Gasteiger partial charge in [-0.3, -0.25) is 0 Å². The third-order valence-corrected chi connectivity index (χ3v) is 3.93. The molecule has 2 nitrogen and oxygen atoms in total. The van der Waals surface area contributed by atoms with Gasteiger partial charge in [-0.2, -0.15) is 10.5 Å². The number of rotatable bonds is 8. The van der Waals surface area contributed by atoms with Gasteiger partial charge in [-0.25, -0.2) is 0 Å². The van der Waals surface area contributed by atoms with Crippen molar-refractivity contribution in [2.45, 2.75) is 65.2 Å². The Morgan fingerprint density at radius 2 is 1.79 bits per heavy atom. The molecule has 1 rings (SSSR count). The maximum absolute atomic E-state index is 9.16. The summed E-state index contributed by atoms with van der Waals surface area (Å²) in [7, 11) is 0. The fraction of sp³-hybridized carbons (Fsp3) is 0.647. The first-order chi connectivity index (χ1) is 9.24. The van der Waals surface area contributed by atoms with Gasteiger partial charge in [0.2, 0.25) is 0 Å². The van der Waals surface area contributed by atoms with Gasteiger partial charge in [0, 0.05) is 0 Å². The summed E-state index contributed by atoms with van der Waals surface area (Å²) in [6, 6.07) is 4.32. The van der Waals surface area contributed by atoms with Gasteiger partial charge < -0.3 is 0 Å². The molecule has 0 aliphatic heterocycles. The van der Waals surface area contributed by atoms with Crippen LogP contribution < -0.4 is 0 Å². The van der Waals surface area contributed by atoms with Crippen LogP contribution >= 0.6 is 0 Å². The Kier molecular flexibility index (Phi) is 6.98. The first-order valence-electron chi connectivity index (χ1n) is 7.48. The van der Waals surface area contributed by atoms with E-state index in [9.17, 15) is 0 Å². The second kappa shape index (κ2) is 8.54. The molecule has 1 unspecified atom stereocenters. The van der Waals surface area contributed by atoms with E-state index >= 15 is 0 Å². The van der Waals surface area contributed by atoms with Gasteiger partial charge in [0.1, 0.15) is 12.1 Å². The largest absolute Gasteiger partial charge is 0.192 e. The van der Waals surface area contributed by atoms with Crippen LogP contribution in [0.15, 0.2) is 22.8 Å². The SMILES string of the molecule is CCCCCCCCC(C)C1=C(C#N)C(C#N)=CC1. The molecule has 0 aromatic rings. The van der Waals surface area contributed by atoms with Crippen molar-refractivity contribution in [1.29, 1.82) is 10.5 Å². The van der Waals surface area contributed by atoms with Crippen LogP contribution in [0.2, 0.25) is 0 Å². The van der Waals surface area contributed by atoms with Crippen LogP contribution in [-0.2, 0) is 0 Å². The molecule has 0 aromatic heterocycles. The zero-order valence-corrected chi connectivity index (χ0v) is 12.2. The lowest BCUT2D eigenvalue weighted by molar-refractivity contribution is 0.524. The monoisotopic (exact) mass is 256 g/mol. The van der Waals surface area contributed by atoms with E-state index in [0.29, 0.717) is 17.1 Å². The van der Waals surface area contributed by atoms with Crippen LogP contribution in [0, 0.1) is 28.6 Å². The minimum Gasteiger partial charge on any atom is -0.192 e. The Balaban J connectivity index is 2.37. The quantitative estimate of drug-likeness (QED) is 0.571. The van der Waals surface area contributed by atoms with Crippen molar-refractivity contribution in [3.05, 3.63) is 22.8 Å². The molecule has 0 spiro atoms. The lowest BCUT2D eigenvalue weighted by Gasteiger charge is -2.13. The molecule has 1 aliphatic carbocycles. The highest BCUT2D eigenvalue weighted by atomic mass is 14.3. The average molecular weight is 256 g/mol. The Labute approximate surface area is 117 Å². The second-order valence-electron chi connectivity index (χ2n) is 5.40. The van der Waals surface area contributed by atoms with E-state index in [1.54, 1.807) is 0 Å². The fourth-order valence-corrected chi connectivity index (χ4v) is 2.68. The molecule has 1 atom stereocenters. The van der Waals surface area contributed by atoms with Crippen molar-refractivity contribution >= 4 is 0 Å². The molecule has 0 aromatic carbocycles. The third kappa shape index (κ3) is 4.56. The van der Waals surface area contributed by atoms with E-state index in [-0.39, 0.29) is 0 Å². The van der Waals surface area contributed by atoms with Crippen LogP contribution in [0.5, 0.6) is 0 Å². The number of hydrogen-bond donors (Lipinski definition) is 0. The van der Waals surface area contributed by atoms with E-state index in [1.807, 2.05) is 6.08 Å². The summed E-state index contributed by atoms with van der Waals surface area (Å²) in [5, 5.41) is 18.1. The van der Waals surface area contributed by atoms with Crippen LogP contribution in [0.25, 0.3) is 0 Å². The molecule has 0 saturated heterocycles. The molecule has 1 aliphatic rings. The molecule has 0 saturated carbocycles. The molecule has 19 heavy (non-hydrogen) atoms. The summed E-state index contributed by atoms with van der Waals surface area (Å²) in [5.41, 5.74) is 2.39. The predicted octanol–water partition coefficient (Wildman–Crippen LogP) is 5.05. The molecule has 0 heterocycles. The number of nitriles is 2. The smallest absolute Gasteiger partial charge is 0.100 e. The summed E-state index contributed by atoms with van der Waals surface area (Å²) < 4.78 is 0. The van der Waals surface area contributed by atoms with E-state index in [2.05, 4.69) is 26.0 Å². The van der Waals surface area contributed by atoms with Gasteiger partial charge in [0.25, 0.3) is 0 Å². The number of allylic oxidation sites excluding steroid dienone is 4. The molecule has 0 radical (unpaired) electrons. The van der Waals surface area contributed by atoms with Crippen LogP contribution in [0.3, 0.4) is 0 Å². The van der Waals surface area contributed by atoms with Crippen LogP contribution in [0.1, 0.15) is 65.2 Å². The normalized spacial score (nSPS) is 15.9. The van der Waals surface area contributed by atoms with Crippen LogP contribution in [-0.4, -0.2) is 0 Å². The van der Waals surface area contributed by atoms with Crippen LogP contribution in [0.4, 0.5) is 0 Å². The Hall–Kier alpha value is -1.54. The molecule has 2 heteroatoms. The van der Waals surface area contributed by atoms with E-state index in [0.717, 1.165) is 12.8 Å². The number of nitrogens with zero attached hydrogens (tertiary/aromatic N) is 2. The molecule has 0 amide bonds. The topological polar surface area (TPSA) is 47.6 Å². The van der Waals surface area contributed by atoms with Gasteiger partial charge in [-0.1, -0.05) is 58.4 Å². The zero-order valence-electron chi connectivity index (χ0n) is 12.2. The predicted molar refractivity (Wildman–Crippen MR) is 78.1 cm³/mol. The molecule has 102 valence electrons. The van der Waals surface area contributed by atoms with Gasteiger partial charge in [0.15, 0.2) is 0 Å². The van der Waals surface area contributed by atoms with Crippen molar-refractivity contribution in [1.82, 2.24) is 0 Å². The van der Waals surface area contributed by atoms with Crippen molar-refractivity contribution in [2.75, 3.05) is 0 Å². The van der Waals surface area contributed by atoms with E-state index < -0.39 is 0 Å². The lowest BCUT2D eigenvalue weighted by Crippen LogP contribution is -2.00. The first-order valence-corrected chi connectivity index (χ1v) is 7.48. The minimum absolute atomic E-state index is 0.433. The summed E-state index contributed by atoms with van der Waals surface area (Å²) >= 11 is 0. The second-order valence-corrected chi connectivity index (χ2v) is 5.40. The van der Waals surface area contributed by atoms with Gasteiger partial charge in [-0.15, -0.1) is 0 Å². The van der Waals surface area contributed by atoms with Crippen molar-refractivity contribution in [2.24, 2.45) is 5.92 Å². The number of hydrogen-bond acceptors (Lipinski definition) is 2. The summed E-state index contributed by atoms with van der Waals surface area (Å²) in [4.78, 5) is 0. The Bertz CT molecular complexity index is 429. The van der Waals surface area contributed by atoms with Crippen molar-refractivity contribution in [3.8, 4) is 12.1 Å². The third-order valence-electron chi connectivity index (χ3n) is 3.93. The van der Waals surface area contributed by atoms with Gasteiger partial charge >= 0.3 is 0 Å². The summed E-state index contributed by atoms with van der Waals surface area (Å²) in [6.45, 7) is 4.42. The maximum Gasteiger partial charge on any atom is 0.100 e. The highest BCUT2D eigenvalue weighted by Crippen LogP contribution is 2.33. The van der Waals surface area contributed by atoms with E-state index in [1.165, 1.54) is 44.1 Å². The Morgan fingerprint density at radius 3 is 2.42 bits per heavy atom. The van der Waals surface area contributed by atoms with Crippen molar-refractivity contribution < 1.29 is 0 Å². The average Bonchev–Trinajstić information content (AvgIpc) is 2.85.